The molecule has 28 heavy (non-hydrogen) atoms. The third-order valence-electron chi connectivity index (χ3n) is 3.79. The lowest BCUT2D eigenvalue weighted by atomic mass is 10.2. The number of rotatable bonds is 7. The Bertz CT molecular complexity index is 995. The molecule has 0 aliphatic rings. The van der Waals surface area contributed by atoms with Crippen molar-refractivity contribution in [1.29, 1.82) is 0 Å². The Balaban J connectivity index is 1.68. The Hall–Kier alpha value is -3.27. The average molecular weight is 403 g/mol. The van der Waals surface area contributed by atoms with Crippen molar-refractivity contribution in [2.75, 3.05) is 31.1 Å². The van der Waals surface area contributed by atoms with E-state index in [1.165, 1.54) is 20.3 Å². The van der Waals surface area contributed by atoms with Crippen LogP contribution >= 0.6 is 11.8 Å². The molecule has 3 rings (SSSR count). The average Bonchev–Trinajstić information content (AvgIpc) is 3.07. The van der Waals surface area contributed by atoms with E-state index >= 15 is 0 Å². The van der Waals surface area contributed by atoms with Crippen LogP contribution in [0.15, 0.2) is 47.6 Å². The predicted octanol–water partition coefficient (Wildman–Crippen LogP) is 2.55. The van der Waals surface area contributed by atoms with Crippen LogP contribution in [0, 0.1) is 5.82 Å². The summed E-state index contributed by atoms with van der Waals surface area (Å²) in [6, 6.07) is 11.2. The number of amides is 1. The number of nitrogens with one attached hydrogen (secondary N) is 1. The van der Waals surface area contributed by atoms with Crippen LogP contribution in [0.2, 0.25) is 0 Å². The maximum absolute atomic E-state index is 13.9. The summed E-state index contributed by atoms with van der Waals surface area (Å²) in [7, 11) is 3.04. The van der Waals surface area contributed by atoms with E-state index in [9.17, 15) is 9.18 Å². The molecule has 0 spiro atoms. The molecule has 0 unspecified atom stereocenters. The molecule has 1 heterocycles. The molecule has 8 nitrogen and oxygen atoms in total. The number of benzene rings is 2. The fourth-order valence-electron chi connectivity index (χ4n) is 2.43. The highest BCUT2D eigenvalue weighted by molar-refractivity contribution is 7.99. The fourth-order valence-corrected chi connectivity index (χ4v) is 3.09. The topological polar surface area (TPSA) is 104 Å². The van der Waals surface area contributed by atoms with E-state index in [1.807, 2.05) is 0 Å². The van der Waals surface area contributed by atoms with E-state index in [0.717, 1.165) is 16.4 Å². The Labute approximate surface area is 164 Å². The van der Waals surface area contributed by atoms with Crippen molar-refractivity contribution in [3.63, 3.8) is 0 Å². The molecule has 0 atom stereocenters. The number of carbonyl (C=O) groups is 1. The highest BCUT2D eigenvalue weighted by Gasteiger charge is 2.17. The van der Waals surface area contributed by atoms with Gasteiger partial charge in [0.2, 0.25) is 11.1 Å². The maximum atomic E-state index is 13.9. The lowest BCUT2D eigenvalue weighted by Crippen LogP contribution is -2.17. The third kappa shape index (κ3) is 4.17. The number of nitrogen functional groups attached to an aromatic ring is 1. The second kappa shape index (κ2) is 8.61. The molecule has 2 aromatic carbocycles. The summed E-state index contributed by atoms with van der Waals surface area (Å²) in [6.07, 6.45) is 0. The summed E-state index contributed by atoms with van der Waals surface area (Å²) in [5.74, 6) is 6.49. The van der Waals surface area contributed by atoms with Crippen molar-refractivity contribution in [2.24, 2.45) is 0 Å². The molecule has 146 valence electrons. The molecular weight excluding hydrogens is 385 g/mol. The zero-order chi connectivity index (χ0) is 20.1. The van der Waals surface area contributed by atoms with E-state index < -0.39 is 5.82 Å². The molecule has 0 aliphatic carbocycles. The zero-order valence-electron chi connectivity index (χ0n) is 15.2. The molecule has 0 saturated carbocycles. The lowest BCUT2D eigenvalue weighted by molar-refractivity contribution is -0.113. The molecule has 1 amide bonds. The first kappa shape index (κ1) is 19.5. The van der Waals surface area contributed by atoms with Gasteiger partial charge in [0.1, 0.15) is 17.3 Å². The molecule has 3 N–H and O–H groups in total. The largest absolute Gasteiger partial charge is 0.497 e. The van der Waals surface area contributed by atoms with Gasteiger partial charge in [0.25, 0.3) is 0 Å². The van der Waals surface area contributed by atoms with Crippen LogP contribution in [0.5, 0.6) is 11.5 Å². The van der Waals surface area contributed by atoms with Crippen LogP contribution in [0.25, 0.3) is 11.4 Å². The number of thioether (sulfide) groups is 1. The Morgan fingerprint density at radius 3 is 2.71 bits per heavy atom. The van der Waals surface area contributed by atoms with Gasteiger partial charge in [0.05, 0.1) is 31.2 Å². The van der Waals surface area contributed by atoms with E-state index in [-0.39, 0.29) is 28.2 Å². The van der Waals surface area contributed by atoms with Crippen LogP contribution in [0.4, 0.5) is 10.1 Å². The van der Waals surface area contributed by atoms with Gasteiger partial charge >= 0.3 is 0 Å². The number of nitrogens with zero attached hydrogens (tertiary/aromatic N) is 3. The second-order valence-corrected chi connectivity index (χ2v) is 6.50. The second-order valence-electron chi connectivity index (χ2n) is 5.56. The van der Waals surface area contributed by atoms with Gasteiger partial charge < -0.3 is 20.6 Å². The van der Waals surface area contributed by atoms with E-state index in [1.54, 1.807) is 36.4 Å². The summed E-state index contributed by atoms with van der Waals surface area (Å²) >= 11 is 1.08. The smallest absolute Gasteiger partial charge is 0.234 e. The number of anilines is 1. The summed E-state index contributed by atoms with van der Waals surface area (Å²) in [4.78, 5) is 12.3. The first-order valence-corrected chi connectivity index (χ1v) is 9.12. The van der Waals surface area contributed by atoms with Gasteiger partial charge in [-0.3, -0.25) is 4.79 Å². The van der Waals surface area contributed by atoms with Gasteiger partial charge in [-0.15, -0.1) is 10.2 Å². The van der Waals surface area contributed by atoms with Gasteiger partial charge in [0, 0.05) is 6.07 Å². The molecular formula is C18H18FN5O3S. The Morgan fingerprint density at radius 2 is 2.00 bits per heavy atom. The third-order valence-corrected chi connectivity index (χ3v) is 4.74. The summed E-state index contributed by atoms with van der Waals surface area (Å²) < 4.78 is 25.5. The monoisotopic (exact) mass is 403 g/mol. The number of ether oxygens (including phenoxy) is 2. The predicted molar refractivity (Wildman–Crippen MR) is 104 cm³/mol. The van der Waals surface area contributed by atoms with Crippen molar-refractivity contribution in [3.05, 3.63) is 48.3 Å². The van der Waals surface area contributed by atoms with Crippen molar-refractivity contribution in [2.45, 2.75) is 5.16 Å². The summed E-state index contributed by atoms with van der Waals surface area (Å²) in [5, 5.41) is 10.9. The van der Waals surface area contributed by atoms with Crippen LogP contribution in [-0.2, 0) is 4.79 Å². The summed E-state index contributed by atoms with van der Waals surface area (Å²) in [5.41, 5.74) is 0.712. The van der Waals surface area contributed by atoms with E-state index in [0.29, 0.717) is 17.2 Å². The number of hydrogen-bond acceptors (Lipinski definition) is 7. The van der Waals surface area contributed by atoms with Gasteiger partial charge in [-0.25, -0.2) is 9.07 Å². The highest BCUT2D eigenvalue weighted by atomic mass is 32.2. The minimum atomic E-state index is -0.457. The molecule has 0 fully saturated rings. The minimum absolute atomic E-state index is 0.0208. The van der Waals surface area contributed by atoms with Crippen molar-refractivity contribution >= 4 is 23.4 Å². The number of carbonyl (C=O) groups excluding carboxylic acids is 1. The summed E-state index contributed by atoms with van der Waals surface area (Å²) in [6.45, 7) is 0. The number of aromatic nitrogens is 3. The number of nitrogens with two attached hydrogens (primary N) is 1. The maximum Gasteiger partial charge on any atom is 0.234 e. The molecule has 3 aromatic rings. The van der Waals surface area contributed by atoms with Crippen LogP contribution in [0.3, 0.4) is 0 Å². The van der Waals surface area contributed by atoms with Gasteiger partial charge in [0.15, 0.2) is 5.82 Å². The molecule has 0 saturated heterocycles. The van der Waals surface area contributed by atoms with E-state index in [4.69, 9.17) is 15.3 Å². The quantitative estimate of drug-likeness (QED) is 0.461. The van der Waals surface area contributed by atoms with Gasteiger partial charge in [-0.1, -0.05) is 23.9 Å². The lowest BCUT2D eigenvalue weighted by Gasteiger charge is -2.11. The standard InChI is InChI=1S/C18H18FN5O3S/c1-26-11-7-8-15(27-2)14(9-11)21-16(25)10-28-18-23-22-17(24(18)20)12-5-3-4-6-13(12)19/h3-9H,10,20H2,1-2H3,(H,21,25). The van der Waals surface area contributed by atoms with Crippen LogP contribution in [0.1, 0.15) is 0 Å². The van der Waals surface area contributed by atoms with Gasteiger partial charge in [-0.2, -0.15) is 0 Å². The fraction of sp³-hybridized carbons (Fsp3) is 0.167. The van der Waals surface area contributed by atoms with E-state index in [2.05, 4.69) is 15.5 Å². The minimum Gasteiger partial charge on any atom is -0.497 e. The first-order chi connectivity index (χ1) is 13.5. The van der Waals surface area contributed by atoms with Crippen LogP contribution < -0.4 is 20.6 Å². The molecule has 0 radical (unpaired) electrons. The van der Waals surface area contributed by atoms with Crippen LogP contribution in [-0.4, -0.2) is 40.8 Å². The molecule has 1 aromatic heterocycles. The number of methoxy groups -OCH3 is 2. The van der Waals surface area contributed by atoms with Gasteiger partial charge in [-0.05, 0) is 24.3 Å². The Morgan fingerprint density at radius 1 is 1.21 bits per heavy atom. The SMILES string of the molecule is COc1ccc(OC)c(NC(=O)CSc2nnc(-c3ccccc3F)n2N)c1. The van der Waals surface area contributed by atoms with Crippen molar-refractivity contribution in [1.82, 2.24) is 14.9 Å². The zero-order valence-corrected chi connectivity index (χ0v) is 16.0. The molecule has 0 aliphatic heterocycles. The normalized spacial score (nSPS) is 10.5. The highest BCUT2D eigenvalue weighted by Crippen LogP contribution is 2.29. The van der Waals surface area contributed by atoms with Crippen molar-refractivity contribution in [3.8, 4) is 22.9 Å². The molecule has 0 bridgehead atoms. The number of halogens is 1. The van der Waals surface area contributed by atoms with Crippen molar-refractivity contribution < 1.29 is 18.7 Å². The number of hydrogen-bond donors (Lipinski definition) is 2. The molecule has 10 heteroatoms. The Kier molecular flexibility index (Phi) is 5.99. The first-order valence-electron chi connectivity index (χ1n) is 8.13.